The van der Waals surface area contributed by atoms with Crippen LogP contribution in [0.25, 0.3) is 0 Å². The smallest absolute Gasteiger partial charge is 0.240 e. The molecule has 1 aliphatic heterocycles. The molecule has 2 aromatic rings. The van der Waals surface area contributed by atoms with Gasteiger partial charge in [-0.05, 0) is 61.2 Å². The number of sulfonamides is 1. The largest absolute Gasteiger partial charge is 0.496 e. The van der Waals surface area contributed by atoms with Crippen molar-refractivity contribution in [3.63, 3.8) is 0 Å². The molecule has 0 aliphatic carbocycles. The van der Waals surface area contributed by atoms with E-state index in [-0.39, 0.29) is 10.9 Å². The first kappa shape index (κ1) is 17.9. The van der Waals surface area contributed by atoms with E-state index in [1.807, 2.05) is 26.0 Å². The molecule has 1 aliphatic rings. The quantitative estimate of drug-likeness (QED) is 0.860. The van der Waals surface area contributed by atoms with E-state index in [1.54, 1.807) is 19.2 Å². The Morgan fingerprint density at radius 1 is 1.20 bits per heavy atom. The number of methoxy groups -OCH3 is 1. The molecule has 0 aromatic heterocycles. The lowest BCUT2D eigenvalue weighted by Gasteiger charge is -2.27. The van der Waals surface area contributed by atoms with Gasteiger partial charge in [0.2, 0.25) is 10.0 Å². The highest BCUT2D eigenvalue weighted by atomic mass is 32.2. The molecule has 0 fully saturated rings. The molecule has 0 radical (unpaired) electrons. The van der Waals surface area contributed by atoms with Crippen LogP contribution in [0.1, 0.15) is 28.3 Å². The van der Waals surface area contributed by atoms with Gasteiger partial charge in [-0.2, -0.15) is 0 Å². The summed E-state index contributed by atoms with van der Waals surface area (Å²) in [5.41, 5.74) is 4.06. The fourth-order valence-corrected chi connectivity index (χ4v) is 4.66. The molecule has 0 amide bonds. The Bertz CT molecular complexity index is 855. The van der Waals surface area contributed by atoms with Gasteiger partial charge in [0.15, 0.2) is 0 Å². The predicted octanol–water partition coefficient (Wildman–Crippen LogP) is 2.48. The normalized spacial score (nSPS) is 17.2. The van der Waals surface area contributed by atoms with Crippen molar-refractivity contribution in [2.24, 2.45) is 0 Å². The number of hydrogen-bond acceptors (Lipinski definition) is 4. The van der Waals surface area contributed by atoms with Gasteiger partial charge in [-0.15, -0.1) is 0 Å². The van der Waals surface area contributed by atoms with Crippen molar-refractivity contribution in [2.75, 3.05) is 20.2 Å². The Balaban J connectivity index is 1.80. The van der Waals surface area contributed by atoms with Gasteiger partial charge < -0.3 is 10.1 Å². The van der Waals surface area contributed by atoms with E-state index in [0.29, 0.717) is 6.54 Å². The summed E-state index contributed by atoms with van der Waals surface area (Å²) in [6, 6.07) is 11.5. The van der Waals surface area contributed by atoms with Crippen molar-refractivity contribution < 1.29 is 13.2 Å². The van der Waals surface area contributed by atoms with Crippen LogP contribution in [-0.2, 0) is 16.4 Å². The first-order valence-corrected chi connectivity index (χ1v) is 9.87. The second-order valence-electron chi connectivity index (χ2n) is 6.40. The van der Waals surface area contributed by atoms with Gasteiger partial charge in [0.25, 0.3) is 0 Å². The zero-order chi connectivity index (χ0) is 18.0. The lowest BCUT2D eigenvalue weighted by molar-refractivity contribution is 0.408. The third-order valence-corrected chi connectivity index (χ3v) is 6.04. The van der Waals surface area contributed by atoms with Crippen LogP contribution < -0.4 is 14.8 Å². The van der Waals surface area contributed by atoms with Gasteiger partial charge in [0.05, 0.1) is 12.0 Å². The van der Waals surface area contributed by atoms with E-state index in [2.05, 4.69) is 22.2 Å². The lowest BCUT2D eigenvalue weighted by Crippen LogP contribution is -2.38. The van der Waals surface area contributed by atoms with E-state index >= 15 is 0 Å². The van der Waals surface area contributed by atoms with E-state index in [1.165, 1.54) is 11.1 Å². The Morgan fingerprint density at radius 2 is 1.88 bits per heavy atom. The summed E-state index contributed by atoms with van der Waals surface area (Å²) in [7, 11) is -1.99. The van der Waals surface area contributed by atoms with Crippen LogP contribution in [0.5, 0.6) is 5.75 Å². The van der Waals surface area contributed by atoms with Crippen LogP contribution in [0.4, 0.5) is 0 Å². The second kappa shape index (κ2) is 7.15. The molecule has 1 atom stereocenters. The zero-order valence-corrected chi connectivity index (χ0v) is 15.6. The molecule has 1 heterocycles. The van der Waals surface area contributed by atoms with Gasteiger partial charge in [-0.25, -0.2) is 13.1 Å². The third kappa shape index (κ3) is 3.71. The highest BCUT2D eigenvalue weighted by Crippen LogP contribution is 2.27. The minimum atomic E-state index is -3.58. The molecule has 25 heavy (non-hydrogen) atoms. The van der Waals surface area contributed by atoms with Crippen molar-refractivity contribution in [3.8, 4) is 5.75 Å². The Hall–Kier alpha value is -1.89. The van der Waals surface area contributed by atoms with Crippen LogP contribution in [-0.4, -0.2) is 28.6 Å². The van der Waals surface area contributed by atoms with Crippen molar-refractivity contribution in [3.05, 3.63) is 58.7 Å². The summed E-state index contributed by atoms with van der Waals surface area (Å²) < 4.78 is 33.5. The summed E-state index contributed by atoms with van der Waals surface area (Å²) in [6.45, 7) is 4.88. The molecule has 0 spiro atoms. The van der Waals surface area contributed by atoms with Gasteiger partial charge in [-0.1, -0.05) is 24.3 Å². The molecular weight excluding hydrogens is 336 g/mol. The molecule has 2 aromatic carbocycles. The van der Waals surface area contributed by atoms with E-state index in [9.17, 15) is 8.42 Å². The van der Waals surface area contributed by atoms with Gasteiger partial charge in [0.1, 0.15) is 5.75 Å². The summed E-state index contributed by atoms with van der Waals surface area (Å²) in [4.78, 5) is 0.271. The van der Waals surface area contributed by atoms with Gasteiger partial charge in [0, 0.05) is 12.6 Å². The zero-order valence-electron chi connectivity index (χ0n) is 14.8. The Kier molecular flexibility index (Phi) is 5.13. The summed E-state index contributed by atoms with van der Waals surface area (Å²) in [6.07, 6.45) is 0.969. The molecule has 0 saturated heterocycles. The first-order chi connectivity index (χ1) is 11.9. The summed E-state index contributed by atoms with van der Waals surface area (Å²) >= 11 is 0. The Labute approximate surface area is 149 Å². The SMILES string of the molecule is COc1c(C)cc(S(=O)(=O)NCC2NCCc3ccccc32)cc1C. The molecular formula is C19H24N2O3S. The minimum absolute atomic E-state index is 0.0137. The number of rotatable bonds is 5. The molecule has 3 rings (SSSR count). The van der Waals surface area contributed by atoms with E-state index in [0.717, 1.165) is 29.8 Å². The second-order valence-corrected chi connectivity index (χ2v) is 8.16. The predicted molar refractivity (Wildman–Crippen MR) is 98.5 cm³/mol. The molecule has 5 nitrogen and oxygen atoms in total. The van der Waals surface area contributed by atoms with Crippen molar-refractivity contribution in [1.29, 1.82) is 0 Å². The number of hydrogen-bond donors (Lipinski definition) is 2. The lowest BCUT2D eigenvalue weighted by atomic mass is 9.95. The number of ether oxygens (including phenoxy) is 1. The molecule has 1 unspecified atom stereocenters. The molecule has 2 N–H and O–H groups in total. The van der Waals surface area contributed by atoms with Crippen molar-refractivity contribution in [2.45, 2.75) is 31.2 Å². The molecule has 6 heteroatoms. The number of nitrogens with one attached hydrogen (secondary N) is 2. The fourth-order valence-electron chi connectivity index (χ4n) is 3.44. The van der Waals surface area contributed by atoms with Crippen LogP contribution in [0.3, 0.4) is 0 Å². The minimum Gasteiger partial charge on any atom is -0.496 e. The van der Waals surface area contributed by atoms with Gasteiger partial charge >= 0.3 is 0 Å². The maximum Gasteiger partial charge on any atom is 0.240 e. The number of benzene rings is 2. The third-order valence-electron chi connectivity index (χ3n) is 4.64. The summed E-state index contributed by atoms with van der Waals surface area (Å²) in [5.74, 6) is 0.724. The topological polar surface area (TPSA) is 67.4 Å². The fraction of sp³-hybridized carbons (Fsp3) is 0.368. The number of aryl methyl sites for hydroxylation is 2. The highest BCUT2D eigenvalue weighted by Gasteiger charge is 2.23. The average Bonchev–Trinajstić information content (AvgIpc) is 2.59. The highest BCUT2D eigenvalue weighted by molar-refractivity contribution is 7.89. The van der Waals surface area contributed by atoms with Gasteiger partial charge in [-0.3, -0.25) is 0 Å². The first-order valence-electron chi connectivity index (χ1n) is 8.38. The molecule has 0 saturated carbocycles. The van der Waals surface area contributed by atoms with Crippen molar-refractivity contribution >= 4 is 10.0 Å². The van der Waals surface area contributed by atoms with Crippen LogP contribution in [0.15, 0.2) is 41.3 Å². The maximum atomic E-state index is 12.7. The summed E-state index contributed by atoms with van der Waals surface area (Å²) in [5, 5.41) is 3.39. The number of fused-ring (bicyclic) bond motifs is 1. The monoisotopic (exact) mass is 360 g/mol. The van der Waals surface area contributed by atoms with E-state index < -0.39 is 10.0 Å². The van der Waals surface area contributed by atoms with E-state index in [4.69, 9.17) is 4.74 Å². The maximum absolute atomic E-state index is 12.7. The Morgan fingerprint density at radius 3 is 2.56 bits per heavy atom. The molecule has 0 bridgehead atoms. The average molecular weight is 360 g/mol. The van der Waals surface area contributed by atoms with Crippen molar-refractivity contribution in [1.82, 2.24) is 10.0 Å². The van der Waals surface area contributed by atoms with Crippen LogP contribution in [0, 0.1) is 13.8 Å². The standard InChI is InChI=1S/C19H24N2O3S/c1-13-10-16(11-14(2)19(13)24-3)25(22,23)21-12-18-17-7-5-4-6-15(17)8-9-20-18/h4-7,10-11,18,20-21H,8-9,12H2,1-3H3. The van der Waals surface area contributed by atoms with Crippen LogP contribution >= 0.6 is 0 Å². The van der Waals surface area contributed by atoms with Crippen LogP contribution in [0.2, 0.25) is 0 Å². The molecule has 134 valence electrons.